The molecule has 3 aromatic rings. The second kappa shape index (κ2) is 7.27. The molecule has 114 valence electrons. The Kier molecular flexibility index (Phi) is 4.91. The molecule has 0 aliphatic rings. The third kappa shape index (κ3) is 3.89. The van der Waals surface area contributed by atoms with E-state index in [1.54, 1.807) is 0 Å². The van der Waals surface area contributed by atoms with Crippen molar-refractivity contribution in [2.45, 2.75) is 0 Å². The van der Waals surface area contributed by atoms with Crippen LogP contribution in [0.2, 0.25) is 5.02 Å². The Morgan fingerprint density at radius 2 is 1.22 bits per heavy atom. The molecule has 0 saturated carbocycles. The van der Waals surface area contributed by atoms with Gasteiger partial charge in [0.1, 0.15) is 0 Å². The van der Waals surface area contributed by atoms with Gasteiger partial charge in [0.25, 0.3) is 0 Å². The Balaban J connectivity index is 1.92. The van der Waals surface area contributed by atoms with Gasteiger partial charge in [-0.1, -0.05) is 48.0 Å². The summed E-state index contributed by atoms with van der Waals surface area (Å²) in [6, 6.07) is 27.6. The van der Waals surface area contributed by atoms with Gasteiger partial charge in [-0.05, 0) is 60.7 Å². The van der Waals surface area contributed by atoms with Crippen molar-refractivity contribution in [1.29, 1.82) is 0 Å². The minimum absolute atomic E-state index is 0.602. The lowest BCUT2D eigenvalue weighted by Crippen LogP contribution is -2.30. The average Bonchev–Trinajstić information content (AvgIpc) is 2.59. The van der Waals surface area contributed by atoms with E-state index in [0.717, 1.165) is 17.1 Å². The lowest BCUT2D eigenvalue weighted by molar-refractivity contribution is 1.35. The van der Waals surface area contributed by atoms with Crippen molar-refractivity contribution in [2.75, 3.05) is 10.2 Å². The maximum atomic E-state index is 5.93. The summed E-state index contributed by atoms with van der Waals surface area (Å²) in [4.78, 5) is 2.00. The van der Waals surface area contributed by atoms with Gasteiger partial charge >= 0.3 is 0 Å². The number of halogens is 1. The molecule has 0 heterocycles. The standard InChI is InChI=1S/C19H15ClN2S/c20-15-11-13-16(14-12-15)21-19(23)22(17-7-3-1-4-8-17)18-9-5-2-6-10-18/h1-14H,(H,21,23). The Morgan fingerprint density at radius 3 is 1.70 bits per heavy atom. The molecule has 0 aromatic heterocycles. The zero-order valence-electron chi connectivity index (χ0n) is 12.3. The molecule has 2 nitrogen and oxygen atoms in total. The summed E-state index contributed by atoms with van der Waals surface area (Å²) in [5, 5.41) is 4.57. The van der Waals surface area contributed by atoms with E-state index in [0.29, 0.717) is 10.1 Å². The Labute approximate surface area is 146 Å². The van der Waals surface area contributed by atoms with Gasteiger partial charge < -0.3 is 5.32 Å². The Hall–Kier alpha value is -2.36. The minimum Gasteiger partial charge on any atom is -0.332 e. The van der Waals surface area contributed by atoms with Crippen LogP contribution >= 0.6 is 23.8 Å². The van der Waals surface area contributed by atoms with Gasteiger partial charge in [0.2, 0.25) is 0 Å². The SMILES string of the molecule is S=C(Nc1ccc(Cl)cc1)N(c1ccccc1)c1ccccc1. The molecular weight excluding hydrogens is 324 g/mol. The molecule has 3 aromatic carbocycles. The highest BCUT2D eigenvalue weighted by atomic mass is 35.5. The van der Waals surface area contributed by atoms with E-state index in [-0.39, 0.29) is 0 Å². The summed E-state index contributed by atoms with van der Waals surface area (Å²) in [5.74, 6) is 0. The van der Waals surface area contributed by atoms with E-state index in [4.69, 9.17) is 23.8 Å². The maximum Gasteiger partial charge on any atom is 0.182 e. The van der Waals surface area contributed by atoms with Crippen LogP contribution in [0.3, 0.4) is 0 Å². The second-order valence-electron chi connectivity index (χ2n) is 4.94. The molecule has 0 fully saturated rings. The van der Waals surface area contributed by atoms with E-state index < -0.39 is 0 Å². The first-order valence-electron chi connectivity index (χ1n) is 7.21. The molecule has 4 heteroatoms. The number of hydrogen-bond donors (Lipinski definition) is 1. The van der Waals surface area contributed by atoms with Crippen LogP contribution in [-0.4, -0.2) is 5.11 Å². The molecule has 0 unspecified atom stereocenters. The number of anilines is 3. The number of nitrogens with one attached hydrogen (secondary N) is 1. The third-order valence-corrected chi connectivity index (χ3v) is 3.86. The largest absolute Gasteiger partial charge is 0.332 e. The zero-order valence-corrected chi connectivity index (χ0v) is 13.9. The molecule has 0 radical (unpaired) electrons. The lowest BCUT2D eigenvalue weighted by Gasteiger charge is -2.26. The molecule has 0 amide bonds. The molecule has 0 aliphatic heterocycles. The van der Waals surface area contributed by atoms with Crippen molar-refractivity contribution >= 4 is 46.0 Å². The summed E-state index contributed by atoms with van der Waals surface area (Å²) < 4.78 is 0. The molecule has 0 saturated heterocycles. The van der Waals surface area contributed by atoms with Crippen LogP contribution in [0.25, 0.3) is 0 Å². The fourth-order valence-electron chi connectivity index (χ4n) is 2.25. The monoisotopic (exact) mass is 338 g/mol. The van der Waals surface area contributed by atoms with E-state index in [2.05, 4.69) is 5.32 Å². The molecule has 0 atom stereocenters. The second-order valence-corrected chi connectivity index (χ2v) is 5.77. The molecule has 23 heavy (non-hydrogen) atoms. The smallest absolute Gasteiger partial charge is 0.182 e. The number of rotatable bonds is 3. The van der Waals surface area contributed by atoms with Gasteiger partial charge in [0, 0.05) is 22.1 Å². The number of nitrogens with zero attached hydrogens (tertiary/aromatic N) is 1. The highest BCUT2D eigenvalue weighted by Gasteiger charge is 2.14. The predicted octanol–water partition coefficient (Wildman–Crippen LogP) is 5.88. The van der Waals surface area contributed by atoms with Crippen molar-refractivity contribution < 1.29 is 0 Å². The highest BCUT2D eigenvalue weighted by molar-refractivity contribution is 7.80. The first-order valence-corrected chi connectivity index (χ1v) is 7.99. The topological polar surface area (TPSA) is 15.3 Å². The van der Waals surface area contributed by atoms with Crippen LogP contribution in [0.5, 0.6) is 0 Å². The van der Waals surface area contributed by atoms with Crippen LogP contribution in [-0.2, 0) is 0 Å². The molecular formula is C19H15ClN2S. The van der Waals surface area contributed by atoms with E-state index in [1.807, 2.05) is 89.8 Å². The number of benzene rings is 3. The Morgan fingerprint density at radius 1 is 0.739 bits per heavy atom. The van der Waals surface area contributed by atoms with Gasteiger partial charge in [-0.2, -0.15) is 0 Å². The molecule has 1 N–H and O–H groups in total. The first kappa shape index (κ1) is 15.5. The summed E-state index contributed by atoms with van der Waals surface area (Å²) in [5.41, 5.74) is 2.91. The maximum absolute atomic E-state index is 5.93. The highest BCUT2D eigenvalue weighted by Crippen LogP contribution is 2.26. The molecule has 3 rings (SSSR count). The fraction of sp³-hybridized carbons (Fsp3) is 0. The van der Waals surface area contributed by atoms with Crippen molar-refractivity contribution in [2.24, 2.45) is 0 Å². The quantitative estimate of drug-likeness (QED) is 0.601. The summed E-state index contributed by atoms with van der Waals surface area (Å²) in [6.07, 6.45) is 0. The van der Waals surface area contributed by atoms with Gasteiger partial charge in [-0.15, -0.1) is 0 Å². The third-order valence-electron chi connectivity index (χ3n) is 3.33. The fourth-order valence-corrected chi connectivity index (χ4v) is 2.70. The van der Waals surface area contributed by atoms with E-state index >= 15 is 0 Å². The lowest BCUT2D eigenvalue weighted by atomic mass is 10.2. The predicted molar refractivity (Wildman–Crippen MR) is 103 cm³/mol. The molecule has 0 bridgehead atoms. The number of thiocarbonyl (C=S) groups is 1. The first-order chi connectivity index (χ1) is 11.2. The van der Waals surface area contributed by atoms with Gasteiger partial charge in [0.05, 0.1) is 0 Å². The average molecular weight is 339 g/mol. The summed E-state index contributed by atoms with van der Waals surface area (Å²) in [6.45, 7) is 0. The van der Waals surface area contributed by atoms with Crippen molar-refractivity contribution in [3.05, 3.63) is 90.0 Å². The van der Waals surface area contributed by atoms with Crippen molar-refractivity contribution in [3.63, 3.8) is 0 Å². The molecule has 0 spiro atoms. The minimum atomic E-state index is 0.602. The normalized spacial score (nSPS) is 10.1. The van der Waals surface area contributed by atoms with E-state index in [9.17, 15) is 0 Å². The van der Waals surface area contributed by atoms with Crippen LogP contribution < -0.4 is 10.2 Å². The Bertz CT molecular complexity index is 734. The van der Waals surface area contributed by atoms with Crippen molar-refractivity contribution in [1.82, 2.24) is 0 Å². The van der Waals surface area contributed by atoms with Crippen LogP contribution in [0.15, 0.2) is 84.9 Å². The van der Waals surface area contributed by atoms with Gasteiger partial charge in [-0.25, -0.2) is 0 Å². The molecule has 0 aliphatic carbocycles. The van der Waals surface area contributed by atoms with Gasteiger partial charge in [-0.3, -0.25) is 4.90 Å². The van der Waals surface area contributed by atoms with Crippen LogP contribution in [0.4, 0.5) is 17.1 Å². The van der Waals surface area contributed by atoms with E-state index in [1.165, 1.54) is 0 Å². The summed E-state index contributed by atoms with van der Waals surface area (Å²) in [7, 11) is 0. The van der Waals surface area contributed by atoms with Crippen LogP contribution in [0, 0.1) is 0 Å². The number of para-hydroxylation sites is 2. The van der Waals surface area contributed by atoms with Crippen molar-refractivity contribution in [3.8, 4) is 0 Å². The van der Waals surface area contributed by atoms with Crippen LogP contribution in [0.1, 0.15) is 0 Å². The van der Waals surface area contributed by atoms with Gasteiger partial charge in [0.15, 0.2) is 5.11 Å². The zero-order chi connectivity index (χ0) is 16.1. The summed E-state index contributed by atoms with van der Waals surface area (Å²) >= 11 is 11.6. The number of hydrogen-bond acceptors (Lipinski definition) is 1.